The van der Waals surface area contributed by atoms with Crippen molar-refractivity contribution in [3.63, 3.8) is 0 Å². The molecule has 5 rings (SSSR count). The molecule has 2 aromatic carbocycles. The molecule has 0 N–H and O–H groups in total. The maximum atomic E-state index is 12.9. The van der Waals surface area contributed by atoms with Gasteiger partial charge >= 0.3 is 0 Å². The number of hydrogen-bond acceptors (Lipinski definition) is 4. The maximum absolute atomic E-state index is 12.9. The van der Waals surface area contributed by atoms with Crippen molar-refractivity contribution in [2.24, 2.45) is 0 Å². The van der Waals surface area contributed by atoms with Crippen LogP contribution in [0.3, 0.4) is 0 Å². The van der Waals surface area contributed by atoms with Gasteiger partial charge in [-0.1, -0.05) is 55.8 Å². The molecule has 170 valence electrons. The number of sulfonamides is 1. The van der Waals surface area contributed by atoms with Crippen LogP contribution in [0.4, 0.5) is 0 Å². The van der Waals surface area contributed by atoms with Crippen LogP contribution >= 0.6 is 11.3 Å². The van der Waals surface area contributed by atoms with Crippen molar-refractivity contribution in [1.82, 2.24) is 9.29 Å². The monoisotopic (exact) mass is 476 g/mol. The lowest BCUT2D eigenvalue weighted by Crippen LogP contribution is -2.30. The SMILES string of the molecule is CCN(CC)S(=O)(=O)c1ccc(-c2cc(-c3ccc(C)cc3)c3c4c(sc3n2)CCC4)cc1. The van der Waals surface area contributed by atoms with E-state index in [0.29, 0.717) is 18.0 Å². The lowest BCUT2D eigenvalue weighted by Gasteiger charge is -2.18. The lowest BCUT2D eigenvalue weighted by atomic mass is 9.97. The molecular formula is C27H28N2O2S2. The van der Waals surface area contributed by atoms with E-state index in [9.17, 15) is 8.42 Å². The summed E-state index contributed by atoms with van der Waals surface area (Å²) in [4.78, 5) is 7.89. The molecule has 2 aromatic heterocycles. The Labute approximate surface area is 200 Å². The Morgan fingerprint density at radius 2 is 1.61 bits per heavy atom. The average molecular weight is 477 g/mol. The van der Waals surface area contributed by atoms with Crippen molar-refractivity contribution in [3.05, 3.63) is 70.6 Å². The Morgan fingerprint density at radius 1 is 0.939 bits per heavy atom. The van der Waals surface area contributed by atoms with Crippen LogP contribution in [-0.4, -0.2) is 30.8 Å². The molecule has 0 bridgehead atoms. The number of benzene rings is 2. The number of hydrogen-bond donors (Lipinski definition) is 0. The van der Waals surface area contributed by atoms with Crippen molar-refractivity contribution < 1.29 is 8.42 Å². The molecule has 0 unspecified atom stereocenters. The predicted molar refractivity (Wildman–Crippen MR) is 137 cm³/mol. The Balaban J connectivity index is 1.63. The highest BCUT2D eigenvalue weighted by Gasteiger charge is 2.24. The van der Waals surface area contributed by atoms with E-state index in [1.165, 1.54) is 43.2 Å². The van der Waals surface area contributed by atoms with Gasteiger partial charge in [0.2, 0.25) is 10.0 Å². The van der Waals surface area contributed by atoms with E-state index >= 15 is 0 Å². The molecule has 4 nitrogen and oxygen atoms in total. The Hall–Kier alpha value is -2.54. The summed E-state index contributed by atoms with van der Waals surface area (Å²) in [6.07, 6.45) is 3.47. The third-order valence-corrected chi connectivity index (χ3v) is 9.78. The second-order valence-corrected chi connectivity index (χ2v) is 11.6. The molecule has 4 aromatic rings. The summed E-state index contributed by atoms with van der Waals surface area (Å²) in [6.45, 7) is 6.75. The third-order valence-electron chi connectivity index (χ3n) is 6.53. The second kappa shape index (κ2) is 8.67. The van der Waals surface area contributed by atoms with Crippen molar-refractivity contribution >= 4 is 31.6 Å². The standard InChI is InChI=1S/C27H28N2O2S2/c1-4-29(5-2)33(30,31)21-15-13-20(14-16-21)24-17-23(19-11-9-18(3)10-12-19)26-22-7-6-8-25(22)32-27(26)28-24/h9-17H,4-8H2,1-3H3. The van der Waals surface area contributed by atoms with E-state index in [-0.39, 0.29) is 0 Å². The average Bonchev–Trinajstić information content (AvgIpc) is 3.41. The zero-order valence-electron chi connectivity index (χ0n) is 19.3. The number of aryl methyl sites for hydroxylation is 3. The summed E-state index contributed by atoms with van der Waals surface area (Å²) < 4.78 is 27.2. The van der Waals surface area contributed by atoms with Gasteiger partial charge in [0.15, 0.2) is 0 Å². The minimum absolute atomic E-state index is 0.324. The van der Waals surface area contributed by atoms with Gasteiger partial charge in [0.05, 0.1) is 10.6 Å². The molecule has 0 radical (unpaired) electrons. The van der Waals surface area contributed by atoms with Crippen LogP contribution in [0, 0.1) is 6.92 Å². The van der Waals surface area contributed by atoms with Crippen LogP contribution in [0.2, 0.25) is 0 Å². The molecule has 2 heterocycles. The summed E-state index contributed by atoms with van der Waals surface area (Å²) in [6, 6.07) is 18.0. The van der Waals surface area contributed by atoms with E-state index < -0.39 is 10.0 Å². The fourth-order valence-corrected chi connectivity index (χ4v) is 7.46. The first kappa shape index (κ1) is 22.3. The van der Waals surface area contributed by atoms with E-state index in [1.807, 2.05) is 37.3 Å². The number of aromatic nitrogens is 1. The van der Waals surface area contributed by atoms with Gasteiger partial charge in [0.25, 0.3) is 0 Å². The zero-order valence-corrected chi connectivity index (χ0v) is 20.9. The topological polar surface area (TPSA) is 50.3 Å². The molecule has 1 aliphatic rings. The van der Waals surface area contributed by atoms with E-state index in [1.54, 1.807) is 12.1 Å². The highest BCUT2D eigenvalue weighted by molar-refractivity contribution is 7.89. The summed E-state index contributed by atoms with van der Waals surface area (Å²) in [5, 5.41) is 1.29. The normalized spacial score (nSPS) is 13.7. The molecule has 6 heteroatoms. The summed E-state index contributed by atoms with van der Waals surface area (Å²) in [7, 11) is -3.47. The van der Waals surface area contributed by atoms with Gasteiger partial charge < -0.3 is 0 Å². The molecule has 0 fully saturated rings. The van der Waals surface area contributed by atoms with Gasteiger partial charge in [-0.25, -0.2) is 13.4 Å². The number of pyridine rings is 1. The van der Waals surface area contributed by atoms with Crippen LogP contribution in [0.5, 0.6) is 0 Å². The number of fused-ring (bicyclic) bond motifs is 3. The Kier molecular flexibility index (Phi) is 5.85. The van der Waals surface area contributed by atoms with Crippen molar-refractivity contribution in [2.45, 2.75) is 44.9 Å². The van der Waals surface area contributed by atoms with Gasteiger partial charge in [-0.2, -0.15) is 4.31 Å². The lowest BCUT2D eigenvalue weighted by molar-refractivity contribution is 0.445. The minimum Gasteiger partial charge on any atom is -0.237 e. The van der Waals surface area contributed by atoms with Crippen LogP contribution in [0.25, 0.3) is 32.6 Å². The van der Waals surface area contributed by atoms with Crippen LogP contribution < -0.4 is 0 Å². The van der Waals surface area contributed by atoms with Gasteiger partial charge in [-0.15, -0.1) is 11.3 Å². The molecule has 0 amide bonds. The molecular weight excluding hydrogens is 448 g/mol. The largest absolute Gasteiger partial charge is 0.243 e. The van der Waals surface area contributed by atoms with E-state index in [0.717, 1.165) is 28.9 Å². The Morgan fingerprint density at radius 3 is 2.27 bits per heavy atom. The van der Waals surface area contributed by atoms with Crippen molar-refractivity contribution in [3.8, 4) is 22.4 Å². The van der Waals surface area contributed by atoms with E-state index in [4.69, 9.17) is 4.98 Å². The molecule has 0 saturated carbocycles. The molecule has 0 saturated heterocycles. The Bertz CT molecular complexity index is 1420. The molecule has 0 spiro atoms. The third kappa shape index (κ3) is 3.90. The number of nitrogens with zero attached hydrogens (tertiary/aromatic N) is 2. The summed E-state index contributed by atoms with van der Waals surface area (Å²) >= 11 is 1.81. The van der Waals surface area contributed by atoms with Crippen LogP contribution in [0.1, 0.15) is 36.3 Å². The first-order valence-electron chi connectivity index (χ1n) is 11.5. The zero-order chi connectivity index (χ0) is 23.2. The summed E-state index contributed by atoms with van der Waals surface area (Å²) in [5.41, 5.74) is 6.92. The highest BCUT2D eigenvalue weighted by Crippen LogP contribution is 2.43. The molecule has 0 aliphatic heterocycles. The van der Waals surface area contributed by atoms with Crippen LogP contribution in [-0.2, 0) is 22.9 Å². The van der Waals surface area contributed by atoms with Gasteiger partial charge in [0, 0.05) is 28.9 Å². The fourth-order valence-electron chi connectivity index (χ4n) is 4.72. The minimum atomic E-state index is -3.47. The quantitative estimate of drug-likeness (QED) is 0.321. The first-order valence-corrected chi connectivity index (χ1v) is 13.8. The van der Waals surface area contributed by atoms with Gasteiger partial charge in [-0.3, -0.25) is 0 Å². The molecule has 33 heavy (non-hydrogen) atoms. The van der Waals surface area contributed by atoms with Crippen molar-refractivity contribution in [1.29, 1.82) is 0 Å². The van der Waals surface area contributed by atoms with Gasteiger partial charge in [-0.05, 0) is 61.1 Å². The molecule has 0 atom stereocenters. The number of thiophene rings is 1. The fraction of sp³-hybridized carbons (Fsp3) is 0.296. The van der Waals surface area contributed by atoms with Crippen LogP contribution in [0.15, 0.2) is 59.5 Å². The summed E-state index contributed by atoms with van der Waals surface area (Å²) in [5.74, 6) is 0. The first-order chi connectivity index (χ1) is 15.9. The number of rotatable bonds is 6. The van der Waals surface area contributed by atoms with Crippen molar-refractivity contribution in [2.75, 3.05) is 13.1 Å². The van der Waals surface area contributed by atoms with Gasteiger partial charge in [0.1, 0.15) is 4.83 Å². The second-order valence-electron chi connectivity index (χ2n) is 8.57. The predicted octanol–water partition coefficient (Wildman–Crippen LogP) is 6.46. The highest BCUT2D eigenvalue weighted by atomic mass is 32.2. The van der Waals surface area contributed by atoms with E-state index in [2.05, 4.69) is 37.3 Å². The molecule has 1 aliphatic carbocycles. The maximum Gasteiger partial charge on any atom is 0.243 e. The smallest absolute Gasteiger partial charge is 0.237 e.